The van der Waals surface area contributed by atoms with Crippen molar-refractivity contribution in [2.75, 3.05) is 33.4 Å². The van der Waals surface area contributed by atoms with E-state index in [-0.39, 0.29) is 5.69 Å². The fraction of sp³-hybridized carbons (Fsp3) is 0.368. The highest BCUT2D eigenvalue weighted by atomic mass is 16.6. The van der Waals surface area contributed by atoms with Crippen LogP contribution >= 0.6 is 0 Å². The third kappa shape index (κ3) is 4.93. The number of non-ortho nitro benzene ring substituents is 1. The average molecular weight is 344 g/mol. The lowest BCUT2D eigenvalue weighted by Crippen LogP contribution is -2.28. The molecule has 2 rings (SSSR count). The monoisotopic (exact) mass is 344 g/mol. The number of methoxy groups -OCH3 is 1. The molecule has 0 radical (unpaired) electrons. The molecule has 0 aliphatic rings. The fourth-order valence-corrected chi connectivity index (χ4v) is 2.60. The first-order valence-electron chi connectivity index (χ1n) is 8.37. The van der Waals surface area contributed by atoms with Gasteiger partial charge in [0.25, 0.3) is 5.69 Å². The minimum atomic E-state index is -0.410. The smallest absolute Gasteiger partial charge is 0.273 e. The van der Waals surface area contributed by atoms with Gasteiger partial charge < -0.3 is 14.4 Å². The average Bonchev–Trinajstić information content (AvgIpc) is 2.65. The Balaban J connectivity index is 2.30. The van der Waals surface area contributed by atoms with Crippen molar-refractivity contribution in [3.05, 3.63) is 52.6 Å². The molecule has 2 aromatic carbocycles. The number of nitrogens with zero attached hydrogens (tertiary/aromatic N) is 2. The Morgan fingerprint density at radius 2 is 1.88 bits per heavy atom. The van der Waals surface area contributed by atoms with Crippen LogP contribution in [0.15, 0.2) is 42.5 Å². The van der Waals surface area contributed by atoms with Crippen LogP contribution in [0.3, 0.4) is 0 Å². The molecule has 0 saturated heterocycles. The number of hydrogen-bond donors (Lipinski definition) is 0. The molecule has 0 aliphatic heterocycles. The van der Waals surface area contributed by atoms with Crippen molar-refractivity contribution in [3.63, 3.8) is 0 Å². The Hall–Kier alpha value is -2.60. The van der Waals surface area contributed by atoms with Crippen molar-refractivity contribution in [1.82, 2.24) is 4.90 Å². The molecule has 134 valence electrons. The van der Waals surface area contributed by atoms with Crippen LogP contribution in [0.2, 0.25) is 0 Å². The maximum Gasteiger partial charge on any atom is 0.273 e. The number of benzene rings is 2. The van der Waals surface area contributed by atoms with Gasteiger partial charge in [0.2, 0.25) is 0 Å². The summed E-state index contributed by atoms with van der Waals surface area (Å²) in [5.41, 5.74) is 1.72. The molecule has 0 heterocycles. The molecular formula is C19H24N2O4. The standard InChI is InChI=1S/C19H24N2O4/c1-4-20(5-2)11-12-25-19-14-16(21(22)23)9-10-18(19)15-7-6-8-17(13-15)24-3/h6-10,13-14H,4-5,11-12H2,1-3H3. The molecule has 6 nitrogen and oxygen atoms in total. The van der Waals surface area contributed by atoms with Gasteiger partial charge in [0, 0.05) is 18.2 Å². The summed E-state index contributed by atoms with van der Waals surface area (Å²) in [6.07, 6.45) is 0. The van der Waals surface area contributed by atoms with Crippen LogP contribution in [0.1, 0.15) is 13.8 Å². The zero-order chi connectivity index (χ0) is 18.2. The van der Waals surface area contributed by atoms with Crippen molar-refractivity contribution in [2.45, 2.75) is 13.8 Å². The van der Waals surface area contributed by atoms with Crippen LogP contribution in [0.4, 0.5) is 5.69 Å². The van der Waals surface area contributed by atoms with E-state index in [1.54, 1.807) is 13.2 Å². The first-order valence-corrected chi connectivity index (χ1v) is 8.37. The van der Waals surface area contributed by atoms with Crippen LogP contribution in [-0.4, -0.2) is 43.2 Å². The van der Waals surface area contributed by atoms with Gasteiger partial charge in [-0.1, -0.05) is 26.0 Å². The van der Waals surface area contributed by atoms with E-state index in [1.165, 1.54) is 12.1 Å². The Kier molecular flexibility index (Phi) is 6.77. The molecule has 0 saturated carbocycles. The van der Waals surface area contributed by atoms with Gasteiger partial charge >= 0.3 is 0 Å². The van der Waals surface area contributed by atoms with Crippen LogP contribution < -0.4 is 9.47 Å². The lowest BCUT2D eigenvalue weighted by molar-refractivity contribution is -0.384. The Bertz CT molecular complexity index is 714. The summed E-state index contributed by atoms with van der Waals surface area (Å²) in [6.45, 7) is 7.32. The molecule has 0 amide bonds. The quantitative estimate of drug-likeness (QED) is 0.508. The van der Waals surface area contributed by atoms with Crippen LogP contribution in [0, 0.1) is 10.1 Å². The molecule has 25 heavy (non-hydrogen) atoms. The van der Waals surface area contributed by atoms with E-state index in [0.29, 0.717) is 12.4 Å². The van der Waals surface area contributed by atoms with Gasteiger partial charge in [0.05, 0.1) is 18.1 Å². The van der Waals surface area contributed by atoms with Crippen molar-refractivity contribution in [3.8, 4) is 22.6 Å². The Morgan fingerprint density at radius 3 is 2.52 bits per heavy atom. The molecule has 0 aliphatic carbocycles. The number of nitro groups is 1. The summed E-state index contributed by atoms with van der Waals surface area (Å²) in [5.74, 6) is 1.24. The topological polar surface area (TPSA) is 64.8 Å². The Labute approximate surface area is 148 Å². The molecule has 0 unspecified atom stereocenters. The molecule has 0 spiro atoms. The summed E-state index contributed by atoms with van der Waals surface area (Å²) in [5, 5.41) is 11.1. The number of rotatable bonds is 9. The van der Waals surface area contributed by atoms with Gasteiger partial charge in [-0.25, -0.2) is 0 Å². The van der Waals surface area contributed by atoms with Crippen molar-refractivity contribution in [2.24, 2.45) is 0 Å². The molecule has 0 bridgehead atoms. The van der Waals surface area contributed by atoms with Gasteiger partial charge in [-0.3, -0.25) is 10.1 Å². The lowest BCUT2D eigenvalue weighted by atomic mass is 10.0. The van der Waals surface area contributed by atoms with E-state index in [1.807, 2.05) is 24.3 Å². The predicted octanol–water partition coefficient (Wildman–Crippen LogP) is 3.99. The van der Waals surface area contributed by atoms with Crippen LogP contribution in [0.25, 0.3) is 11.1 Å². The highest BCUT2D eigenvalue weighted by Crippen LogP contribution is 2.34. The molecule has 0 N–H and O–H groups in total. The number of likely N-dealkylation sites (N-methyl/N-ethyl adjacent to an activating group) is 1. The predicted molar refractivity (Wildman–Crippen MR) is 98.4 cm³/mol. The normalized spacial score (nSPS) is 10.7. The highest BCUT2D eigenvalue weighted by Gasteiger charge is 2.14. The Morgan fingerprint density at radius 1 is 1.12 bits per heavy atom. The van der Waals surface area contributed by atoms with Crippen molar-refractivity contribution < 1.29 is 14.4 Å². The molecular weight excluding hydrogens is 320 g/mol. The SMILES string of the molecule is CCN(CC)CCOc1cc([N+](=O)[O-])ccc1-c1cccc(OC)c1. The zero-order valence-corrected chi connectivity index (χ0v) is 14.9. The van der Waals surface area contributed by atoms with E-state index >= 15 is 0 Å². The first-order chi connectivity index (χ1) is 12.1. The van der Waals surface area contributed by atoms with Gasteiger partial charge in [-0.15, -0.1) is 0 Å². The largest absolute Gasteiger partial charge is 0.497 e. The minimum Gasteiger partial charge on any atom is -0.497 e. The summed E-state index contributed by atoms with van der Waals surface area (Å²) in [6, 6.07) is 12.3. The number of ether oxygens (including phenoxy) is 2. The molecule has 2 aromatic rings. The summed E-state index contributed by atoms with van der Waals surface area (Å²) in [4.78, 5) is 12.9. The van der Waals surface area contributed by atoms with E-state index in [4.69, 9.17) is 9.47 Å². The maximum atomic E-state index is 11.1. The summed E-state index contributed by atoms with van der Waals surface area (Å²) < 4.78 is 11.2. The number of hydrogen-bond acceptors (Lipinski definition) is 5. The lowest BCUT2D eigenvalue weighted by Gasteiger charge is -2.19. The molecule has 0 fully saturated rings. The van der Waals surface area contributed by atoms with Crippen LogP contribution in [-0.2, 0) is 0 Å². The van der Waals surface area contributed by atoms with Crippen molar-refractivity contribution >= 4 is 5.69 Å². The zero-order valence-electron chi connectivity index (χ0n) is 14.9. The van der Waals surface area contributed by atoms with E-state index in [2.05, 4.69) is 18.7 Å². The highest BCUT2D eigenvalue weighted by molar-refractivity contribution is 5.73. The third-order valence-electron chi connectivity index (χ3n) is 4.12. The molecule has 0 atom stereocenters. The molecule has 6 heteroatoms. The summed E-state index contributed by atoms with van der Waals surface area (Å²) >= 11 is 0. The van der Waals surface area contributed by atoms with Gasteiger partial charge in [-0.05, 0) is 36.9 Å². The number of nitro benzene ring substituents is 1. The summed E-state index contributed by atoms with van der Waals surface area (Å²) in [7, 11) is 1.61. The van der Waals surface area contributed by atoms with E-state index in [9.17, 15) is 10.1 Å². The van der Waals surface area contributed by atoms with Crippen LogP contribution in [0.5, 0.6) is 11.5 Å². The van der Waals surface area contributed by atoms with E-state index in [0.717, 1.165) is 36.5 Å². The van der Waals surface area contributed by atoms with Gasteiger partial charge in [0.15, 0.2) is 0 Å². The van der Waals surface area contributed by atoms with Gasteiger partial charge in [-0.2, -0.15) is 0 Å². The minimum absolute atomic E-state index is 0.0180. The second kappa shape index (κ2) is 9.03. The van der Waals surface area contributed by atoms with Gasteiger partial charge in [0.1, 0.15) is 18.1 Å². The molecule has 0 aromatic heterocycles. The fourth-order valence-electron chi connectivity index (χ4n) is 2.60. The first kappa shape index (κ1) is 18.7. The van der Waals surface area contributed by atoms with Crippen molar-refractivity contribution in [1.29, 1.82) is 0 Å². The second-order valence-electron chi connectivity index (χ2n) is 5.54. The third-order valence-corrected chi connectivity index (χ3v) is 4.12. The second-order valence-corrected chi connectivity index (χ2v) is 5.54. The van der Waals surface area contributed by atoms with E-state index < -0.39 is 4.92 Å². The maximum absolute atomic E-state index is 11.1.